The quantitative estimate of drug-likeness (QED) is 0.823. The normalized spacial score (nSPS) is 18.2. The molecule has 0 aromatic carbocycles. The summed E-state index contributed by atoms with van der Waals surface area (Å²) in [6.45, 7) is 1.80. The van der Waals surface area contributed by atoms with E-state index in [-0.39, 0.29) is 0 Å². The minimum atomic E-state index is 0.700. The van der Waals surface area contributed by atoms with Crippen LogP contribution in [0.2, 0.25) is 0 Å². The number of aromatic nitrogens is 2. The van der Waals surface area contributed by atoms with Gasteiger partial charge in [0.15, 0.2) is 0 Å². The van der Waals surface area contributed by atoms with Crippen molar-refractivity contribution in [2.24, 2.45) is 5.73 Å². The first-order chi connectivity index (χ1) is 7.42. The lowest BCUT2D eigenvalue weighted by atomic mass is 9.88. The van der Waals surface area contributed by atoms with Gasteiger partial charge in [0.2, 0.25) is 0 Å². The fraction of sp³-hybridized carbons (Fsp3) is 0.750. The van der Waals surface area contributed by atoms with Crippen LogP contribution >= 0.6 is 0 Å². The molecule has 0 unspecified atom stereocenters. The lowest BCUT2D eigenvalue weighted by Gasteiger charge is -2.22. The molecule has 1 aliphatic rings. The van der Waals surface area contributed by atoms with Gasteiger partial charge in [0.25, 0.3) is 0 Å². The summed E-state index contributed by atoms with van der Waals surface area (Å²) in [5.74, 6) is 2.00. The fourth-order valence-electron chi connectivity index (χ4n) is 2.49. The summed E-state index contributed by atoms with van der Waals surface area (Å²) in [7, 11) is 0. The Bertz CT molecular complexity index is 287. The maximum absolute atomic E-state index is 5.54. The van der Waals surface area contributed by atoms with E-state index in [0.717, 1.165) is 19.5 Å². The third kappa shape index (κ3) is 2.59. The second-order valence-corrected chi connectivity index (χ2v) is 4.46. The van der Waals surface area contributed by atoms with Gasteiger partial charge in [-0.25, -0.2) is 4.98 Å². The Hall–Kier alpha value is -0.830. The largest absolute Gasteiger partial charge is 0.335 e. The van der Waals surface area contributed by atoms with Crippen LogP contribution in [0.4, 0.5) is 0 Å². The van der Waals surface area contributed by atoms with Gasteiger partial charge < -0.3 is 10.3 Å². The maximum atomic E-state index is 5.54. The SMILES string of the molecule is NCCCn1ccnc1C1CCCCC1. The number of aryl methyl sites for hydroxylation is 1. The van der Waals surface area contributed by atoms with Crippen LogP contribution < -0.4 is 5.73 Å². The van der Waals surface area contributed by atoms with Crippen LogP contribution in [-0.4, -0.2) is 16.1 Å². The van der Waals surface area contributed by atoms with Gasteiger partial charge in [0.05, 0.1) is 0 Å². The van der Waals surface area contributed by atoms with Gasteiger partial charge in [0.1, 0.15) is 5.82 Å². The van der Waals surface area contributed by atoms with Crippen LogP contribution in [0.5, 0.6) is 0 Å². The van der Waals surface area contributed by atoms with Gasteiger partial charge in [-0.2, -0.15) is 0 Å². The van der Waals surface area contributed by atoms with Crippen molar-refractivity contribution in [3.05, 3.63) is 18.2 Å². The highest BCUT2D eigenvalue weighted by atomic mass is 15.1. The zero-order chi connectivity index (χ0) is 10.5. The van der Waals surface area contributed by atoms with Crippen LogP contribution in [0.1, 0.15) is 50.3 Å². The smallest absolute Gasteiger partial charge is 0.111 e. The van der Waals surface area contributed by atoms with Gasteiger partial charge in [-0.05, 0) is 25.8 Å². The number of imidazole rings is 1. The lowest BCUT2D eigenvalue weighted by Crippen LogP contribution is -2.13. The first-order valence-electron chi connectivity index (χ1n) is 6.13. The van der Waals surface area contributed by atoms with E-state index in [1.54, 1.807) is 0 Å². The average molecular weight is 207 g/mol. The fourth-order valence-corrected chi connectivity index (χ4v) is 2.49. The third-order valence-corrected chi connectivity index (χ3v) is 3.32. The molecule has 1 fully saturated rings. The van der Waals surface area contributed by atoms with Crippen molar-refractivity contribution < 1.29 is 0 Å². The molecular weight excluding hydrogens is 186 g/mol. The van der Waals surface area contributed by atoms with Crippen molar-refractivity contribution in [3.63, 3.8) is 0 Å². The van der Waals surface area contributed by atoms with E-state index in [9.17, 15) is 0 Å². The van der Waals surface area contributed by atoms with Crippen molar-refractivity contribution in [2.45, 2.75) is 51.0 Å². The van der Waals surface area contributed by atoms with Crippen LogP contribution in [0.3, 0.4) is 0 Å². The Balaban J connectivity index is 2.02. The van der Waals surface area contributed by atoms with Crippen molar-refractivity contribution >= 4 is 0 Å². The van der Waals surface area contributed by atoms with Crippen molar-refractivity contribution in [2.75, 3.05) is 6.54 Å². The molecule has 3 heteroatoms. The highest BCUT2D eigenvalue weighted by Crippen LogP contribution is 2.31. The number of hydrogen-bond donors (Lipinski definition) is 1. The maximum Gasteiger partial charge on any atom is 0.111 e. The molecule has 0 atom stereocenters. The molecule has 0 saturated heterocycles. The van der Waals surface area contributed by atoms with Crippen molar-refractivity contribution in [1.82, 2.24) is 9.55 Å². The van der Waals surface area contributed by atoms with E-state index in [1.807, 2.05) is 6.20 Å². The second kappa shape index (κ2) is 5.31. The Morgan fingerprint density at radius 2 is 2.13 bits per heavy atom. The number of hydrogen-bond acceptors (Lipinski definition) is 2. The first-order valence-corrected chi connectivity index (χ1v) is 6.13. The molecule has 1 saturated carbocycles. The van der Waals surface area contributed by atoms with Crippen molar-refractivity contribution in [3.8, 4) is 0 Å². The molecule has 1 aromatic rings. The molecule has 1 heterocycles. The van der Waals surface area contributed by atoms with Gasteiger partial charge in [-0.3, -0.25) is 0 Å². The van der Waals surface area contributed by atoms with Gasteiger partial charge in [-0.1, -0.05) is 19.3 Å². The standard InChI is InChI=1S/C12H21N3/c13-7-4-9-15-10-8-14-12(15)11-5-2-1-3-6-11/h8,10-11H,1-7,9,13H2. The molecule has 15 heavy (non-hydrogen) atoms. The summed E-state index contributed by atoms with van der Waals surface area (Å²) in [6, 6.07) is 0. The minimum Gasteiger partial charge on any atom is -0.335 e. The van der Waals surface area contributed by atoms with Gasteiger partial charge in [-0.15, -0.1) is 0 Å². The van der Waals surface area contributed by atoms with Crippen LogP contribution in [0, 0.1) is 0 Å². The second-order valence-electron chi connectivity index (χ2n) is 4.46. The summed E-state index contributed by atoms with van der Waals surface area (Å²) in [5.41, 5.74) is 5.54. The third-order valence-electron chi connectivity index (χ3n) is 3.32. The molecule has 2 N–H and O–H groups in total. The van der Waals surface area contributed by atoms with E-state index in [2.05, 4.69) is 15.7 Å². The van der Waals surface area contributed by atoms with E-state index in [1.165, 1.54) is 37.9 Å². The molecule has 0 amide bonds. The molecular formula is C12H21N3. The summed E-state index contributed by atoms with van der Waals surface area (Å²) in [6.07, 6.45) is 11.9. The van der Waals surface area contributed by atoms with Crippen LogP contribution in [0.15, 0.2) is 12.4 Å². The number of nitrogens with zero attached hydrogens (tertiary/aromatic N) is 2. The topological polar surface area (TPSA) is 43.8 Å². The number of rotatable bonds is 4. The van der Waals surface area contributed by atoms with Crippen LogP contribution in [-0.2, 0) is 6.54 Å². The highest BCUT2D eigenvalue weighted by molar-refractivity contribution is 5.01. The Morgan fingerprint density at radius 1 is 1.33 bits per heavy atom. The summed E-state index contributed by atoms with van der Waals surface area (Å²) in [5, 5.41) is 0. The number of nitrogens with two attached hydrogens (primary N) is 1. The minimum absolute atomic E-state index is 0.700. The van der Waals surface area contributed by atoms with Gasteiger partial charge >= 0.3 is 0 Å². The summed E-state index contributed by atoms with van der Waals surface area (Å²) in [4.78, 5) is 4.51. The van der Waals surface area contributed by atoms with E-state index < -0.39 is 0 Å². The summed E-state index contributed by atoms with van der Waals surface area (Å²) >= 11 is 0. The first kappa shape index (κ1) is 10.7. The monoisotopic (exact) mass is 207 g/mol. The molecule has 0 bridgehead atoms. The average Bonchev–Trinajstić information content (AvgIpc) is 2.75. The van der Waals surface area contributed by atoms with E-state index >= 15 is 0 Å². The van der Waals surface area contributed by atoms with Crippen LogP contribution in [0.25, 0.3) is 0 Å². The zero-order valence-electron chi connectivity index (χ0n) is 9.36. The lowest BCUT2D eigenvalue weighted by molar-refractivity contribution is 0.413. The molecule has 0 radical (unpaired) electrons. The molecule has 1 aromatic heterocycles. The molecule has 1 aliphatic carbocycles. The molecule has 0 spiro atoms. The highest BCUT2D eigenvalue weighted by Gasteiger charge is 2.19. The zero-order valence-corrected chi connectivity index (χ0v) is 9.36. The molecule has 84 valence electrons. The predicted molar refractivity (Wildman–Crippen MR) is 61.7 cm³/mol. The summed E-state index contributed by atoms with van der Waals surface area (Å²) < 4.78 is 2.29. The molecule has 2 rings (SSSR count). The Labute approximate surface area is 91.7 Å². The molecule has 0 aliphatic heterocycles. The Morgan fingerprint density at radius 3 is 2.87 bits per heavy atom. The predicted octanol–water partition coefficient (Wildman–Crippen LogP) is 2.28. The van der Waals surface area contributed by atoms with Crippen molar-refractivity contribution in [1.29, 1.82) is 0 Å². The molecule has 3 nitrogen and oxygen atoms in total. The van der Waals surface area contributed by atoms with E-state index in [4.69, 9.17) is 5.73 Å². The van der Waals surface area contributed by atoms with Gasteiger partial charge in [0, 0.05) is 24.9 Å². The van der Waals surface area contributed by atoms with E-state index in [0.29, 0.717) is 5.92 Å². The Kier molecular flexibility index (Phi) is 3.78.